The van der Waals surface area contributed by atoms with Crippen molar-refractivity contribution in [2.45, 2.75) is 77.1 Å². The highest BCUT2D eigenvalue weighted by atomic mass is 19.1. The molecule has 0 spiro atoms. The summed E-state index contributed by atoms with van der Waals surface area (Å²) >= 11 is 0. The highest BCUT2D eigenvalue weighted by Gasteiger charge is 2.48. The molecule has 0 aromatic heterocycles. The molecule has 0 saturated carbocycles. The van der Waals surface area contributed by atoms with Gasteiger partial charge in [0.25, 0.3) is 0 Å². The highest BCUT2D eigenvalue weighted by Crippen LogP contribution is 2.39. The number of hydrogen-bond donors (Lipinski definition) is 1. The van der Waals surface area contributed by atoms with Gasteiger partial charge < -0.3 is 24.7 Å². The SMILES string of the molecule is CCCCOC[C@H]1O[C@@H](c2cc(CN)c(F)cc2F)[C@@H](OCCCC)C1OCc1ccccc1. The maximum Gasteiger partial charge on any atom is 0.132 e. The minimum absolute atomic E-state index is 0.0370. The van der Waals surface area contributed by atoms with Crippen molar-refractivity contribution in [3.63, 3.8) is 0 Å². The van der Waals surface area contributed by atoms with E-state index >= 15 is 0 Å². The molecule has 2 aromatic rings. The van der Waals surface area contributed by atoms with Crippen molar-refractivity contribution in [2.24, 2.45) is 5.73 Å². The van der Waals surface area contributed by atoms with Gasteiger partial charge in [0, 0.05) is 37.0 Å². The van der Waals surface area contributed by atoms with Crippen LogP contribution in [-0.4, -0.2) is 38.1 Å². The Morgan fingerprint density at radius 3 is 2.35 bits per heavy atom. The molecule has 1 unspecified atom stereocenters. The molecular weight excluding hydrogens is 440 g/mol. The standard InChI is InChI=1S/C27H37F2NO4/c1-3-5-12-31-18-24-26(33-17-19-10-8-7-9-11-19)27(32-13-6-4-2)25(34-24)21-14-20(16-30)22(28)15-23(21)29/h7-11,14-15,24-27H,3-6,12-13,16-18,30H2,1-2H3/t24-,25+,26?,27-/m1/s1. The number of nitrogens with two attached hydrogens (primary N) is 1. The molecule has 0 aliphatic carbocycles. The maximum absolute atomic E-state index is 14.9. The van der Waals surface area contributed by atoms with E-state index in [1.54, 1.807) is 0 Å². The molecule has 0 radical (unpaired) electrons. The van der Waals surface area contributed by atoms with Crippen molar-refractivity contribution in [3.8, 4) is 0 Å². The number of rotatable bonds is 14. The Hall–Kier alpha value is -1.90. The zero-order valence-electron chi connectivity index (χ0n) is 20.2. The molecule has 2 aromatic carbocycles. The summed E-state index contributed by atoms with van der Waals surface area (Å²) in [6, 6.07) is 12.1. The first-order chi connectivity index (χ1) is 16.6. The zero-order chi connectivity index (χ0) is 24.3. The van der Waals surface area contributed by atoms with E-state index in [9.17, 15) is 8.78 Å². The van der Waals surface area contributed by atoms with Crippen molar-refractivity contribution in [1.82, 2.24) is 0 Å². The van der Waals surface area contributed by atoms with Gasteiger partial charge in [0.05, 0.1) is 13.2 Å². The van der Waals surface area contributed by atoms with Gasteiger partial charge in [-0.25, -0.2) is 8.78 Å². The highest BCUT2D eigenvalue weighted by molar-refractivity contribution is 5.30. The second-order valence-electron chi connectivity index (χ2n) is 8.64. The molecule has 0 bridgehead atoms. The lowest BCUT2D eigenvalue weighted by molar-refractivity contribution is -0.0854. The van der Waals surface area contributed by atoms with Crippen LogP contribution in [-0.2, 0) is 32.1 Å². The summed E-state index contributed by atoms with van der Waals surface area (Å²) < 4.78 is 53.8. The Morgan fingerprint density at radius 2 is 1.65 bits per heavy atom. The maximum atomic E-state index is 14.9. The second kappa shape index (κ2) is 13.9. The molecule has 4 atom stereocenters. The predicted octanol–water partition coefficient (Wildman–Crippen LogP) is 5.45. The normalized spacial score (nSPS) is 22.4. The van der Waals surface area contributed by atoms with Crippen LogP contribution in [0.3, 0.4) is 0 Å². The lowest BCUT2D eigenvalue weighted by atomic mass is 9.98. The number of unbranched alkanes of at least 4 members (excludes halogenated alkanes) is 2. The van der Waals surface area contributed by atoms with E-state index in [4.69, 9.17) is 24.7 Å². The monoisotopic (exact) mass is 477 g/mol. The largest absolute Gasteiger partial charge is 0.379 e. The molecule has 188 valence electrons. The quantitative estimate of drug-likeness (QED) is 0.367. The van der Waals surface area contributed by atoms with Gasteiger partial charge in [-0.2, -0.15) is 0 Å². The van der Waals surface area contributed by atoms with Crippen molar-refractivity contribution < 1.29 is 27.7 Å². The van der Waals surface area contributed by atoms with Crippen LogP contribution in [0.1, 0.15) is 62.3 Å². The molecule has 1 fully saturated rings. The van der Waals surface area contributed by atoms with Gasteiger partial charge in [-0.1, -0.05) is 57.0 Å². The summed E-state index contributed by atoms with van der Waals surface area (Å²) in [7, 11) is 0. The van der Waals surface area contributed by atoms with Gasteiger partial charge in [-0.3, -0.25) is 0 Å². The molecule has 0 amide bonds. The van der Waals surface area contributed by atoms with Gasteiger partial charge in [0.15, 0.2) is 0 Å². The molecule has 1 heterocycles. The summed E-state index contributed by atoms with van der Waals surface area (Å²) in [5.41, 5.74) is 7.16. The summed E-state index contributed by atoms with van der Waals surface area (Å²) in [6.07, 6.45) is 1.51. The molecule has 34 heavy (non-hydrogen) atoms. The van der Waals surface area contributed by atoms with E-state index in [1.807, 2.05) is 30.3 Å². The Bertz CT molecular complexity index is 867. The Balaban J connectivity index is 1.88. The fourth-order valence-electron chi connectivity index (χ4n) is 4.06. The van der Waals surface area contributed by atoms with Crippen LogP contribution in [0, 0.1) is 11.6 Å². The van der Waals surface area contributed by atoms with E-state index in [0.717, 1.165) is 37.3 Å². The molecule has 1 aliphatic heterocycles. The van der Waals surface area contributed by atoms with Gasteiger partial charge in [0.2, 0.25) is 0 Å². The van der Waals surface area contributed by atoms with Gasteiger partial charge in [0.1, 0.15) is 36.1 Å². The van der Waals surface area contributed by atoms with E-state index in [2.05, 4.69) is 13.8 Å². The predicted molar refractivity (Wildman–Crippen MR) is 127 cm³/mol. The molecule has 2 N–H and O–H groups in total. The molecule has 3 rings (SSSR count). The van der Waals surface area contributed by atoms with Crippen molar-refractivity contribution in [1.29, 1.82) is 0 Å². The first-order valence-corrected chi connectivity index (χ1v) is 12.3. The average Bonchev–Trinajstić information content (AvgIpc) is 3.18. The number of benzene rings is 2. The Labute approximate surface area is 201 Å². The Kier molecular flexibility index (Phi) is 10.9. The van der Waals surface area contributed by atoms with Gasteiger partial charge >= 0.3 is 0 Å². The summed E-state index contributed by atoms with van der Waals surface area (Å²) in [6.45, 7) is 5.90. The molecular formula is C27H37F2NO4. The third-order valence-electron chi connectivity index (χ3n) is 6.02. The third kappa shape index (κ3) is 7.06. The van der Waals surface area contributed by atoms with Crippen molar-refractivity contribution in [2.75, 3.05) is 19.8 Å². The molecule has 7 heteroatoms. The average molecular weight is 478 g/mol. The molecule has 1 saturated heterocycles. The van der Waals surface area contributed by atoms with E-state index in [-0.39, 0.29) is 17.7 Å². The lowest BCUT2D eigenvalue weighted by Gasteiger charge is -2.25. The van der Waals surface area contributed by atoms with Gasteiger partial charge in [-0.15, -0.1) is 0 Å². The Morgan fingerprint density at radius 1 is 0.912 bits per heavy atom. The smallest absolute Gasteiger partial charge is 0.132 e. The summed E-state index contributed by atoms with van der Waals surface area (Å²) in [5, 5.41) is 0. The first-order valence-electron chi connectivity index (χ1n) is 12.3. The summed E-state index contributed by atoms with van der Waals surface area (Å²) in [4.78, 5) is 0. The zero-order valence-corrected chi connectivity index (χ0v) is 20.2. The third-order valence-corrected chi connectivity index (χ3v) is 6.02. The molecule has 5 nitrogen and oxygen atoms in total. The second-order valence-corrected chi connectivity index (χ2v) is 8.64. The first kappa shape index (κ1) is 26.7. The van der Waals surface area contributed by atoms with Crippen LogP contribution in [0.25, 0.3) is 0 Å². The van der Waals surface area contributed by atoms with E-state index in [0.29, 0.717) is 26.4 Å². The van der Waals surface area contributed by atoms with Crippen LogP contribution in [0.15, 0.2) is 42.5 Å². The fourth-order valence-corrected chi connectivity index (χ4v) is 4.06. The van der Waals surface area contributed by atoms with E-state index in [1.165, 1.54) is 6.07 Å². The van der Waals surface area contributed by atoms with Crippen LogP contribution in [0.4, 0.5) is 8.78 Å². The topological polar surface area (TPSA) is 62.9 Å². The van der Waals surface area contributed by atoms with Crippen LogP contribution < -0.4 is 5.73 Å². The van der Waals surface area contributed by atoms with Crippen molar-refractivity contribution in [3.05, 3.63) is 70.8 Å². The molecule has 1 aliphatic rings. The summed E-state index contributed by atoms with van der Waals surface area (Å²) in [5.74, 6) is -1.35. The van der Waals surface area contributed by atoms with Crippen molar-refractivity contribution >= 4 is 0 Å². The van der Waals surface area contributed by atoms with Crippen LogP contribution >= 0.6 is 0 Å². The lowest BCUT2D eigenvalue weighted by Crippen LogP contribution is -2.38. The fraction of sp³-hybridized carbons (Fsp3) is 0.556. The number of ether oxygens (including phenoxy) is 4. The minimum Gasteiger partial charge on any atom is -0.379 e. The van der Waals surface area contributed by atoms with Crippen LogP contribution in [0.5, 0.6) is 0 Å². The van der Waals surface area contributed by atoms with E-state index < -0.39 is 36.1 Å². The van der Waals surface area contributed by atoms with Gasteiger partial charge in [-0.05, 0) is 24.5 Å². The number of hydrogen-bond acceptors (Lipinski definition) is 5. The van der Waals surface area contributed by atoms with Crippen LogP contribution in [0.2, 0.25) is 0 Å². The minimum atomic E-state index is -0.761. The number of halogens is 2.